The molecule has 0 bridgehead atoms. The van der Waals surface area contributed by atoms with Crippen molar-refractivity contribution in [2.75, 3.05) is 39.5 Å². The molecule has 0 amide bonds. The maximum Gasteiger partial charge on any atom is 0.441 e. The van der Waals surface area contributed by atoms with E-state index in [1.54, 1.807) is 0 Å². The lowest BCUT2D eigenvalue weighted by atomic mass is 10.4. The van der Waals surface area contributed by atoms with Gasteiger partial charge in [0.2, 0.25) is 0 Å². The molecule has 1 N–H and O–H groups in total. The van der Waals surface area contributed by atoms with Gasteiger partial charge in [-0.05, 0) is 45.4 Å². The molecule has 0 radical (unpaired) electrons. The van der Waals surface area contributed by atoms with Crippen LogP contribution in [0.3, 0.4) is 0 Å². The van der Waals surface area contributed by atoms with Crippen LogP contribution in [-0.4, -0.2) is 49.9 Å². The van der Waals surface area contributed by atoms with E-state index in [1.807, 2.05) is 19.0 Å². The van der Waals surface area contributed by atoms with E-state index in [9.17, 15) is 13.2 Å². The van der Waals surface area contributed by atoms with E-state index in [0.717, 1.165) is 19.5 Å². The summed E-state index contributed by atoms with van der Waals surface area (Å²) in [6.07, 6.45) is 0.962. The molecule has 0 rings (SSSR count). The SMILES string of the molecule is CN(C)CCCNCCSC(F)(F)F. The largest absolute Gasteiger partial charge is 0.441 e. The predicted octanol–water partition coefficient (Wildman–Crippen LogP) is 1.78. The number of hydrogen-bond acceptors (Lipinski definition) is 3. The van der Waals surface area contributed by atoms with Crippen LogP contribution in [0.2, 0.25) is 0 Å². The minimum absolute atomic E-state index is 0.0250. The lowest BCUT2D eigenvalue weighted by Crippen LogP contribution is -2.23. The number of hydrogen-bond donors (Lipinski definition) is 1. The topological polar surface area (TPSA) is 15.3 Å². The molecule has 0 saturated carbocycles. The number of nitrogens with one attached hydrogen (secondary N) is 1. The molecule has 86 valence electrons. The van der Waals surface area contributed by atoms with E-state index in [-0.39, 0.29) is 17.5 Å². The zero-order valence-corrected chi connectivity index (χ0v) is 9.34. The summed E-state index contributed by atoms with van der Waals surface area (Å²) in [5, 5.41) is 2.97. The molecule has 0 aromatic rings. The van der Waals surface area contributed by atoms with Crippen molar-refractivity contribution >= 4 is 11.8 Å². The molecular weight excluding hydrogens is 213 g/mol. The molecule has 0 fully saturated rings. The van der Waals surface area contributed by atoms with Crippen molar-refractivity contribution in [3.05, 3.63) is 0 Å². The molecule has 0 aliphatic carbocycles. The highest BCUT2D eigenvalue weighted by molar-refractivity contribution is 8.00. The second-order valence-electron chi connectivity index (χ2n) is 3.20. The van der Waals surface area contributed by atoms with E-state index >= 15 is 0 Å². The molecule has 0 spiro atoms. The third-order valence-electron chi connectivity index (χ3n) is 1.50. The predicted molar refractivity (Wildman–Crippen MR) is 54.6 cm³/mol. The monoisotopic (exact) mass is 230 g/mol. The molecule has 14 heavy (non-hydrogen) atoms. The average Bonchev–Trinajstić information content (AvgIpc) is 2.00. The second-order valence-corrected chi connectivity index (χ2v) is 4.36. The Labute approximate surface area is 87.2 Å². The molecule has 0 heterocycles. The fraction of sp³-hybridized carbons (Fsp3) is 1.00. The molecule has 0 unspecified atom stereocenters. The van der Waals surface area contributed by atoms with Gasteiger partial charge in [0.05, 0.1) is 0 Å². The fourth-order valence-corrected chi connectivity index (χ4v) is 1.36. The lowest BCUT2D eigenvalue weighted by Gasteiger charge is -2.10. The van der Waals surface area contributed by atoms with Crippen LogP contribution in [0.25, 0.3) is 0 Å². The van der Waals surface area contributed by atoms with Crippen LogP contribution >= 0.6 is 11.8 Å². The first-order valence-electron chi connectivity index (χ1n) is 4.48. The molecule has 0 aliphatic rings. The normalized spacial score (nSPS) is 12.4. The van der Waals surface area contributed by atoms with Crippen LogP contribution < -0.4 is 5.32 Å². The highest BCUT2D eigenvalue weighted by Crippen LogP contribution is 2.29. The van der Waals surface area contributed by atoms with Crippen molar-refractivity contribution in [3.63, 3.8) is 0 Å². The summed E-state index contributed by atoms with van der Waals surface area (Å²) in [5.41, 5.74) is -4.09. The van der Waals surface area contributed by atoms with E-state index < -0.39 is 5.51 Å². The van der Waals surface area contributed by atoms with Gasteiger partial charge in [0.15, 0.2) is 0 Å². The molecule has 6 heteroatoms. The average molecular weight is 230 g/mol. The van der Waals surface area contributed by atoms with Gasteiger partial charge in [-0.1, -0.05) is 0 Å². The van der Waals surface area contributed by atoms with Crippen molar-refractivity contribution < 1.29 is 13.2 Å². The lowest BCUT2D eigenvalue weighted by molar-refractivity contribution is -0.0327. The molecule has 2 nitrogen and oxygen atoms in total. The minimum atomic E-state index is -4.09. The molecule has 0 atom stereocenters. The van der Waals surface area contributed by atoms with E-state index in [2.05, 4.69) is 5.32 Å². The summed E-state index contributed by atoms with van der Waals surface area (Å²) in [4.78, 5) is 2.05. The Morgan fingerprint density at radius 1 is 1.21 bits per heavy atom. The highest BCUT2D eigenvalue weighted by Gasteiger charge is 2.27. The second kappa shape index (κ2) is 7.36. The van der Waals surface area contributed by atoms with Crippen LogP contribution in [-0.2, 0) is 0 Å². The number of thioether (sulfide) groups is 1. The molecule has 0 aliphatic heterocycles. The van der Waals surface area contributed by atoms with E-state index in [1.165, 1.54) is 0 Å². The van der Waals surface area contributed by atoms with E-state index in [0.29, 0.717) is 6.54 Å². The zero-order chi connectivity index (χ0) is 11.0. The van der Waals surface area contributed by atoms with Crippen molar-refractivity contribution in [3.8, 4) is 0 Å². The minimum Gasteiger partial charge on any atom is -0.316 e. The fourth-order valence-electron chi connectivity index (χ4n) is 0.884. The summed E-state index contributed by atoms with van der Waals surface area (Å²) in [7, 11) is 3.94. The first-order chi connectivity index (χ1) is 6.42. The summed E-state index contributed by atoms with van der Waals surface area (Å²) in [5.74, 6) is 0.0888. The first-order valence-corrected chi connectivity index (χ1v) is 5.46. The first kappa shape index (κ1) is 14.1. The van der Waals surface area contributed by atoms with Gasteiger partial charge in [-0.3, -0.25) is 0 Å². The molecule has 0 aromatic heterocycles. The Kier molecular flexibility index (Phi) is 7.40. The maximum absolute atomic E-state index is 11.7. The quantitative estimate of drug-likeness (QED) is 0.671. The van der Waals surface area contributed by atoms with Gasteiger partial charge < -0.3 is 10.2 Å². The Morgan fingerprint density at radius 2 is 1.86 bits per heavy atom. The summed E-state index contributed by atoms with van der Waals surface area (Å²) < 4.78 is 35.0. The van der Waals surface area contributed by atoms with Crippen LogP contribution in [0.15, 0.2) is 0 Å². The number of nitrogens with zero attached hydrogens (tertiary/aromatic N) is 1. The molecule has 0 saturated heterocycles. The summed E-state index contributed by atoms with van der Waals surface area (Å²) in [6.45, 7) is 2.15. The van der Waals surface area contributed by atoms with Crippen LogP contribution in [0.1, 0.15) is 6.42 Å². The Morgan fingerprint density at radius 3 is 2.36 bits per heavy atom. The van der Waals surface area contributed by atoms with E-state index in [4.69, 9.17) is 0 Å². The van der Waals surface area contributed by atoms with Gasteiger partial charge in [-0.15, -0.1) is 0 Å². The van der Waals surface area contributed by atoms with Crippen molar-refractivity contribution in [1.29, 1.82) is 0 Å². The van der Waals surface area contributed by atoms with Crippen LogP contribution in [0.4, 0.5) is 13.2 Å². The third kappa shape index (κ3) is 12.1. The zero-order valence-electron chi connectivity index (χ0n) is 8.52. The number of alkyl halides is 3. The summed E-state index contributed by atoms with van der Waals surface area (Å²) >= 11 is 0.0250. The van der Waals surface area contributed by atoms with Gasteiger partial charge in [0.25, 0.3) is 0 Å². The van der Waals surface area contributed by atoms with Gasteiger partial charge in [0.1, 0.15) is 0 Å². The Balaban J connectivity index is 3.07. The number of halogens is 3. The maximum atomic E-state index is 11.7. The van der Waals surface area contributed by atoms with Gasteiger partial charge >= 0.3 is 5.51 Å². The highest BCUT2D eigenvalue weighted by atomic mass is 32.2. The number of rotatable bonds is 7. The van der Waals surface area contributed by atoms with Crippen molar-refractivity contribution in [1.82, 2.24) is 10.2 Å². The standard InChI is InChI=1S/C8H17F3N2S/c1-13(2)6-3-4-12-5-7-14-8(9,10)11/h12H,3-7H2,1-2H3. The molecular formula is C8H17F3N2S. The Hall–Kier alpha value is 0.0600. The smallest absolute Gasteiger partial charge is 0.316 e. The van der Waals surface area contributed by atoms with Gasteiger partial charge in [-0.25, -0.2) is 0 Å². The van der Waals surface area contributed by atoms with Gasteiger partial charge in [0, 0.05) is 12.3 Å². The molecule has 0 aromatic carbocycles. The van der Waals surface area contributed by atoms with Gasteiger partial charge in [-0.2, -0.15) is 13.2 Å². The van der Waals surface area contributed by atoms with Crippen molar-refractivity contribution in [2.45, 2.75) is 11.9 Å². The Bertz CT molecular complexity index is 139. The third-order valence-corrected chi connectivity index (χ3v) is 2.24. The van der Waals surface area contributed by atoms with Crippen LogP contribution in [0.5, 0.6) is 0 Å². The summed E-state index contributed by atoms with van der Waals surface area (Å²) in [6, 6.07) is 0. The van der Waals surface area contributed by atoms with Crippen molar-refractivity contribution in [2.24, 2.45) is 0 Å². The van der Waals surface area contributed by atoms with Crippen LogP contribution in [0, 0.1) is 0 Å².